The molecule has 1 N–H and O–H groups in total. The van der Waals surface area contributed by atoms with Crippen LogP contribution in [0.4, 0.5) is 5.69 Å². The van der Waals surface area contributed by atoms with Crippen molar-refractivity contribution in [1.82, 2.24) is 10.2 Å². The maximum absolute atomic E-state index is 12.3. The molecule has 2 aliphatic rings. The van der Waals surface area contributed by atoms with Gasteiger partial charge in [0.2, 0.25) is 5.96 Å². The van der Waals surface area contributed by atoms with Gasteiger partial charge in [0.15, 0.2) is 0 Å². The number of benzene rings is 1. The molecule has 2 aromatic rings. The topological polar surface area (TPSA) is 57.1 Å². The molecule has 0 radical (unpaired) electrons. The molecule has 4 rings (SSSR count). The number of hydrogen-bond donors (Lipinski definition) is 1. The molecule has 1 amide bonds. The summed E-state index contributed by atoms with van der Waals surface area (Å²) in [6.45, 7) is 1.34. The Morgan fingerprint density at radius 3 is 3.05 bits per heavy atom. The van der Waals surface area contributed by atoms with E-state index in [1.807, 2.05) is 34.5 Å². The maximum Gasteiger partial charge on any atom is 0.268 e. The van der Waals surface area contributed by atoms with Gasteiger partial charge in [-0.25, -0.2) is 4.99 Å². The maximum atomic E-state index is 12.3. The van der Waals surface area contributed by atoms with Gasteiger partial charge in [-0.2, -0.15) is 0 Å². The minimum absolute atomic E-state index is 0.162. The number of fused-ring (bicyclic) bond motifs is 3. The molecule has 0 bridgehead atoms. The first kappa shape index (κ1) is 13.5. The molecule has 0 aliphatic carbocycles. The van der Waals surface area contributed by atoms with Crippen molar-refractivity contribution in [2.75, 3.05) is 13.1 Å². The van der Waals surface area contributed by atoms with Crippen molar-refractivity contribution in [2.45, 2.75) is 0 Å². The van der Waals surface area contributed by atoms with Crippen molar-refractivity contribution in [3.63, 3.8) is 0 Å². The average molecular weight is 331 g/mol. The van der Waals surface area contributed by atoms with E-state index in [1.165, 1.54) is 11.3 Å². The highest BCUT2D eigenvalue weighted by Crippen LogP contribution is 2.33. The molecule has 0 spiro atoms. The monoisotopic (exact) mass is 330 g/mol. The fourth-order valence-electron chi connectivity index (χ4n) is 2.54. The Morgan fingerprint density at radius 2 is 2.23 bits per heavy atom. The van der Waals surface area contributed by atoms with Crippen molar-refractivity contribution in [3.05, 3.63) is 51.2 Å². The molecule has 2 aliphatic heterocycles. The van der Waals surface area contributed by atoms with Crippen LogP contribution < -0.4 is 5.32 Å². The predicted octanol–water partition coefficient (Wildman–Crippen LogP) is 2.89. The zero-order valence-corrected chi connectivity index (χ0v) is 13.0. The highest BCUT2D eigenvalue weighted by atomic mass is 35.5. The third kappa shape index (κ3) is 2.12. The second kappa shape index (κ2) is 5.23. The minimum Gasteiger partial charge on any atom is -0.294 e. The van der Waals surface area contributed by atoms with Crippen LogP contribution in [0.1, 0.15) is 15.2 Å². The van der Waals surface area contributed by atoms with E-state index in [0.29, 0.717) is 28.9 Å². The summed E-state index contributed by atoms with van der Waals surface area (Å²) in [4.78, 5) is 23.9. The lowest BCUT2D eigenvalue weighted by Gasteiger charge is -2.27. The van der Waals surface area contributed by atoms with Gasteiger partial charge in [-0.05, 0) is 23.6 Å². The van der Waals surface area contributed by atoms with Gasteiger partial charge >= 0.3 is 0 Å². The van der Waals surface area contributed by atoms with Crippen LogP contribution in [0.2, 0.25) is 5.02 Å². The van der Waals surface area contributed by atoms with Gasteiger partial charge in [-0.15, -0.1) is 11.3 Å². The molecule has 0 saturated carbocycles. The summed E-state index contributed by atoms with van der Waals surface area (Å²) >= 11 is 7.68. The molecule has 7 heteroatoms. The van der Waals surface area contributed by atoms with Gasteiger partial charge in [-0.3, -0.25) is 20.0 Å². The summed E-state index contributed by atoms with van der Waals surface area (Å²) in [5.74, 6) is 1.12. The Hall–Kier alpha value is -2.18. The Morgan fingerprint density at radius 1 is 1.32 bits per heavy atom. The number of guanidine groups is 1. The summed E-state index contributed by atoms with van der Waals surface area (Å²) < 4.78 is 0. The van der Waals surface area contributed by atoms with E-state index >= 15 is 0 Å². The molecule has 0 saturated heterocycles. The molecule has 0 atom stereocenters. The first-order valence-electron chi connectivity index (χ1n) is 6.78. The zero-order valence-electron chi connectivity index (χ0n) is 11.4. The fraction of sp³-hybridized carbons (Fsp3) is 0.133. The lowest BCUT2D eigenvalue weighted by molar-refractivity contribution is 0.0978. The summed E-state index contributed by atoms with van der Waals surface area (Å²) in [6.07, 6.45) is 0. The Kier molecular flexibility index (Phi) is 3.20. The van der Waals surface area contributed by atoms with Crippen molar-refractivity contribution in [3.8, 4) is 0 Å². The van der Waals surface area contributed by atoms with Crippen molar-refractivity contribution >= 4 is 46.3 Å². The van der Waals surface area contributed by atoms with E-state index in [9.17, 15) is 4.79 Å². The van der Waals surface area contributed by atoms with Crippen LogP contribution in [0.15, 0.2) is 45.7 Å². The number of amides is 1. The number of rotatable bonds is 1. The Labute approximate surface area is 136 Å². The Bertz CT molecular complexity index is 813. The van der Waals surface area contributed by atoms with E-state index in [0.717, 1.165) is 17.1 Å². The second-order valence-electron chi connectivity index (χ2n) is 4.86. The SMILES string of the molecule is O=C(NC1=Nc2cccc(Cl)c2C2=NCCN12)c1cccs1. The van der Waals surface area contributed by atoms with Crippen LogP contribution in [0, 0.1) is 0 Å². The van der Waals surface area contributed by atoms with Crippen LogP contribution in [0.3, 0.4) is 0 Å². The van der Waals surface area contributed by atoms with Gasteiger partial charge in [0, 0.05) is 6.54 Å². The van der Waals surface area contributed by atoms with Gasteiger partial charge in [0.25, 0.3) is 5.91 Å². The highest BCUT2D eigenvalue weighted by molar-refractivity contribution is 7.12. The number of carbonyl (C=O) groups is 1. The van der Waals surface area contributed by atoms with Gasteiger partial charge in [-0.1, -0.05) is 23.7 Å². The number of hydrogen-bond acceptors (Lipinski definition) is 5. The Balaban J connectivity index is 1.74. The van der Waals surface area contributed by atoms with Crippen molar-refractivity contribution in [2.24, 2.45) is 9.98 Å². The number of thiophene rings is 1. The number of amidine groups is 1. The summed E-state index contributed by atoms with van der Waals surface area (Å²) in [5.41, 5.74) is 1.56. The molecule has 0 fully saturated rings. The zero-order chi connectivity index (χ0) is 15.1. The van der Waals surface area contributed by atoms with E-state index in [1.54, 1.807) is 6.07 Å². The van der Waals surface area contributed by atoms with Gasteiger partial charge in [0.05, 0.1) is 27.7 Å². The predicted molar refractivity (Wildman–Crippen MR) is 88.4 cm³/mol. The molecule has 1 aromatic heterocycles. The lowest BCUT2D eigenvalue weighted by atomic mass is 10.1. The molecule has 3 heterocycles. The number of nitrogens with zero attached hydrogens (tertiary/aromatic N) is 3. The molecule has 5 nitrogen and oxygen atoms in total. The van der Waals surface area contributed by atoms with E-state index in [-0.39, 0.29) is 5.91 Å². The van der Waals surface area contributed by atoms with E-state index in [4.69, 9.17) is 11.6 Å². The molecular weight excluding hydrogens is 320 g/mol. The van der Waals surface area contributed by atoms with Crippen molar-refractivity contribution < 1.29 is 4.79 Å². The number of halogens is 1. The van der Waals surface area contributed by atoms with Crippen molar-refractivity contribution in [1.29, 1.82) is 0 Å². The third-order valence-electron chi connectivity index (χ3n) is 3.51. The van der Waals surface area contributed by atoms with Crippen LogP contribution in [0.5, 0.6) is 0 Å². The third-order valence-corrected chi connectivity index (χ3v) is 4.69. The minimum atomic E-state index is -0.162. The summed E-state index contributed by atoms with van der Waals surface area (Å²) in [6, 6.07) is 9.17. The van der Waals surface area contributed by atoms with E-state index < -0.39 is 0 Å². The van der Waals surface area contributed by atoms with Crippen LogP contribution >= 0.6 is 22.9 Å². The van der Waals surface area contributed by atoms with Crippen LogP contribution in [-0.2, 0) is 0 Å². The normalized spacial score (nSPS) is 15.8. The molecular formula is C15H11ClN4OS. The summed E-state index contributed by atoms with van der Waals surface area (Å²) in [7, 11) is 0. The van der Waals surface area contributed by atoms with Crippen LogP contribution in [0.25, 0.3) is 0 Å². The molecule has 110 valence electrons. The lowest BCUT2D eigenvalue weighted by Crippen LogP contribution is -2.47. The van der Waals surface area contributed by atoms with E-state index in [2.05, 4.69) is 15.3 Å². The second-order valence-corrected chi connectivity index (χ2v) is 6.21. The first-order valence-corrected chi connectivity index (χ1v) is 8.04. The van der Waals surface area contributed by atoms with Crippen LogP contribution in [-0.4, -0.2) is 35.7 Å². The smallest absolute Gasteiger partial charge is 0.268 e. The number of carbonyl (C=O) groups excluding carboxylic acids is 1. The first-order chi connectivity index (χ1) is 10.7. The number of aliphatic imine (C=N–C) groups is 2. The quantitative estimate of drug-likeness (QED) is 0.874. The fourth-order valence-corrected chi connectivity index (χ4v) is 3.41. The highest BCUT2D eigenvalue weighted by Gasteiger charge is 2.32. The standard InChI is InChI=1S/C15H11ClN4OS/c16-9-3-1-4-10-12(9)13-17-6-7-20(13)15(18-10)19-14(21)11-5-2-8-22-11/h1-5,8H,6-7H2,(H,18,19,21). The largest absolute Gasteiger partial charge is 0.294 e. The number of nitrogens with one attached hydrogen (secondary N) is 1. The summed E-state index contributed by atoms with van der Waals surface area (Å²) in [5, 5.41) is 5.37. The molecule has 22 heavy (non-hydrogen) atoms. The molecule has 0 unspecified atom stereocenters. The van der Waals surface area contributed by atoms with Gasteiger partial charge < -0.3 is 0 Å². The average Bonchev–Trinajstić information content (AvgIpc) is 3.19. The van der Waals surface area contributed by atoms with Gasteiger partial charge in [0.1, 0.15) is 5.84 Å². The molecule has 1 aromatic carbocycles.